The molecular formula is C15H18ClN3. The summed E-state index contributed by atoms with van der Waals surface area (Å²) in [6, 6.07) is 7.81. The van der Waals surface area contributed by atoms with Gasteiger partial charge in [0.15, 0.2) is 0 Å². The number of benzene rings is 1. The molecule has 19 heavy (non-hydrogen) atoms. The zero-order valence-corrected chi connectivity index (χ0v) is 11.8. The fraction of sp³-hybridized carbons (Fsp3) is 0.400. The Morgan fingerprint density at radius 2 is 2.05 bits per heavy atom. The maximum atomic E-state index is 5.91. The Hall–Kier alpha value is -1.32. The number of H-pyrrole nitrogens is 1. The summed E-state index contributed by atoms with van der Waals surface area (Å²) in [4.78, 5) is 8.01. The van der Waals surface area contributed by atoms with Crippen molar-refractivity contribution in [2.24, 2.45) is 5.92 Å². The van der Waals surface area contributed by atoms with Crippen LogP contribution in [0.15, 0.2) is 24.3 Å². The van der Waals surface area contributed by atoms with E-state index in [1.54, 1.807) is 0 Å². The van der Waals surface area contributed by atoms with Crippen LogP contribution < -0.4 is 5.32 Å². The average Bonchev–Trinajstić information content (AvgIpc) is 3.14. The van der Waals surface area contributed by atoms with Crippen LogP contribution in [0.2, 0.25) is 5.02 Å². The van der Waals surface area contributed by atoms with Gasteiger partial charge in [0.1, 0.15) is 5.82 Å². The summed E-state index contributed by atoms with van der Waals surface area (Å²) in [5.41, 5.74) is 3.22. The van der Waals surface area contributed by atoms with Gasteiger partial charge in [-0.3, -0.25) is 0 Å². The van der Waals surface area contributed by atoms with Crippen LogP contribution in [0.1, 0.15) is 24.4 Å². The lowest BCUT2D eigenvalue weighted by Crippen LogP contribution is -2.16. The van der Waals surface area contributed by atoms with Crippen molar-refractivity contribution in [2.75, 3.05) is 6.54 Å². The van der Waals surface area contributed by atoms with Crippen molar-refractivity contribution in [3.05, 3.63) is 40.8 Å². The minimum Gasteiger partial charge on any atom is -0.344 e. The number of hydrogen-bond acceptors (Lipinski definition) is 2. The predicted molar refractivity (Wildman–Crippen MR) is 78.2 cm³/mol. The molecule has 2 aromatic rings. The van der Waals surface area contributed by atoms with Gasteiger partial charge >= 0.3 is 0 Å². The molecule has 2 N–H and O–H groups in total. The summed E-state index contributed by atoms with van der Waals surface area (Å²) in [5, 5.41) is 4.20. The number of hydrogen-bond donors (Lipinski definition) is 2. The van der Waals surface area contributed by atoms with E-state index in [0.29, 0.717) is 0 Å². The molecule has 1 aliphatic rings. The van der Waals surface area contributed by atoms with E-state index in [1.807, 2.05) is 24.3 Å². The molecule has 0 amide bonds. The molecule has 0 radical (unpaired) electrons. The third-order valence-corrected chi connectivity index (χ3v) is 3.73. The van der Waals surface area contributed by atoms with Gasteiger partial charge in [-0.05, 0) is 44.4 Å². The van der Waals surface area contributed by atoms with Crippen molar-refractivity contribution < 1.29 is 0 Å². The second-order valence-corrected chi connectivity index (χ2v) is 5.67. The first kappa shape index (κ1) is 12.7. The van der Waals surface area contributed by atoms with Crippen LogP contribution in [0.25, 0.3) is 11.3 Å². The van der Waals surface area contributed by atoms with Gasteiger partial charge in [-0.2, -0.15) is 0 Å². The molecule has 1 heterocycles. The largest absolute Gasteiger partial charge is 0.344 e. The van der Waals surface area contributed by atoms with Crippen molar-refractivity contribution in [3.63, 3.8) is 0 Å². The third kappa shape index (κ3) is 3.17. The number of aromatic amines is 1. The number of rotatable bonds is 5. The first-order chi connectivity index (χ1) is 9.22. The number of aromatic nitrogens is 2. The highest BCUT2D eigenvalue weighted by molar-refractivity contribution is 6.30. The minimum absolute atomic E-state index is 0.753. The second-order valence-electron chi connectivity index (χ2n) is 5.24. The first-order valence-corrected chi connectivity index (χ1v) is 7.12. The SMILES string of the molecule is Cc1[nH]c(CNCC2CC2)nc1-c1ccc(Cl)cc1. The quantitative estimate of drug-likeness (QED) is 0.876. The highest BCUT2D eigenvalue weighted by Crippen LogP contribution is 2.27. The summed E-state index contributed by atoms with van der Waals surface area (Å²) in [7, 11) is 0. The molecule has 1 aliphatic carbocycles. The summed E-state index contributed by atoms with van der Waals surface area (Å²) in [6.07, 6.45) is 2.75. The highest BCUT2D eigenvalue weighted by atomic mass is 35.5. The molecule has 1 saturated carbocycles. The number of halogens is 1. The van der Waals surface area contributed by atoms with E-state index in [9.17, 15) is 0 Å². The molecule has 1 fully saturated rings. The summed E-state index contributed by atoms with van der Waals surface area (Å²) >= 11 is 5.91. The van der Waals surface area contributed by atoms with Gasteiger partial charge in [0.25, 0.3) is 0 Å². The lowest BCUT2D eigenvalue weighted by molar-refractivity contribution is 0.623. The van der Waals surface area contributed by atoms with E-state index in [4.69, 9.17) is 11.6 Å². The Morgan fingerprint density at radius 3 is 2.74 bits per heavy atom. The van der Waals surface area contributed by atoms with Crippen molar-refractivity contribution in [1.82, 2.24) is 15.3 Å². The van der Waals surface area contributed by atoms with E-state index >= 15 is 0 Å². The Bertz CT molecular complexity index is 555. The van der Waals surface area contributed by atoms with E-state index in [0.717, 1.165) is 46.8 Å². The van der Waals surface area contributed by atoms with Crippen molar-refractivity contribution >= 4 is 11.6 Å². The fourth-order valence-electron chi connectivity index (χ4n) is 2.21. The van der Waals surface area contributed by atoms with E-state index in [-0.39, 0.29) is 0 Å². The van der Waals surface area contributed by atoms with E-state index < -0.39 is 0 Å². The molecule has 1 aromatic carbocycles. The molecule has 0 saturated heterocycles. The monoisotopic (exact) mass is 275 g/mol. The average molecular weight is 276 g/mol. The molecule has 100 valence electrons. The summed E-state index contributed by atoms with van der Waals surface area (Å²) in [6.45, 7) is 3.97. The van der Waals surface area contributed by atoms with Gasteiger partial charge in [-0.15, -0.1) is 0 Å². The number of nitrogens with zero attached hydrogens (tertiary/aromatic N) is 1. The van der Waals surface area contributed by atoms with Gasteiger partial charge in [-0.25, -0.2) is 4.98 Å². The van der Waals surface area contributed by atoms with Crippen LogP contribution in [0, 0.1) is 12.8 Å². The van der Waals surface area contributed by atoms with Gasteiger partial charge in [0, 0.05) is 16.3 Å². The van der Waals surface area contributed by atoms with Crippen LogP contribution in [0.3, 0.4) is 0 Å². The smallest absolute Gasteiger partial charge is 0.121 e. The lowest BCUT2D eigenvalue weighted by atomic mass is 10.1. The maximum Gasteiger partial charge on any atom is 0.121 e. The molecular weight excluding hydrogens is 258 g/mol. The van der Waals surface area contributed by atoms with Crippen LogP contribution in [0.4, 0.5) is 0 Å². The molecule has 1 aromatic heterocycles. The van der Waals surface area contributed by atoms with E-state index in [1.165, 1.54) is 12.8 Å². The van der Waals surface area contributed by atoms with Gasteiger partial charge < -0.3 is 10.3 Å². The molecule has 0 unspecified atom stereocenters. The molecule has 0 aliphatic heterocycles. The summed E-state index contributed by atoms with van der Waals surface area (Å²) in [5.74, 6) is 1.90. The second kappa shape index (κ2) is 5.35. The number of nitrogens with one attached hydrogen (secondary N) is 2. The number of aryl methyl sites for hydroxylation is 1. The Kier molecular flexibility index (Phi) is 3.58. The standard InChI is InChI=1S/C15H18ClN3/c1-10-15(12-4-6-13(16)7-5-12)19-14(18-10)9-17-8-11-2-3-11/h4-7,11,17H,2-3,8-9H2,1H3,(H,18,19). The fourth-order valence-corrected chi connectivity index (χ4v) is 2.34. The molecule has 0 bridgehead atoms. The molecule has 0 atom stereocenters. The van der Waals surface area contributed by atoms with Gasteiger partial charge in [-0.1, -0.05) is 23.7 Å². The lowest BCUT2D eigenvalue weighted by Gasteiger charge is -1.99. The van der Waals surface area contributed by atoms with Crippen LogP contribution in [-0.2, 0) is 6.54 Å². The maximum absolute atomic E-state index is 5.91. The van der Waals surface area contributed by atoms with Crippen molar-refractivity contribution in [3.8, 4) is 11.3 Å². The zero-order valence-electron chi connectivity index (χ0n) is 11.0. The molecule has 3 nitrogen and oxygen atoms in total. The third-order valence-electron chi connectivity index (χ3n) is 3.47. The minimum atomic E-state index is 0.753. The normalized spacial score (nSPS) is 14.8. The zero-order chi connectivity index (χ0) is 13.2. The van der Waals surface area contributed by atoms with E-state index in [2.05, 4.69) is 22.2 Å². The first-order valence-electron chi connectivity index (χ1n) is 6.74. The Labute approximate surface area is 118 Å². The van der Waals surface area contributed by atoms with Crippen molar-refractivity contribution in [2.45, 2.75) is 26.3 Å². The van der Waals surface area contributed by atoms with Crippen molar-refractivity contribution in [1.29, 1.82) is 0 Å². The number of imidazole rings is 1. The Morgan fingerprint density at radius 1 is 1.32 bits per heavy atom. The Balaban J connectivity index is 1.70. The van der Waals surface area contributed by atoms with Crippen LogP contribution >= 0.6 is 11.6 Å². The molecule has 0 spiro atoms. The predicted octanol–water partition coefficient (Wildman–Crippen LogP) is 3.54. The van der Waals surface area contributed by atoms with Gasteiger partial charge in [0.05, 0.1) is 12.2 Å². The topological polar surface area (TPSA) is 40.7 Å². The van der Waals surface area contributed by atoms with Gasteiger partial charge in [0.2, 0.25) is 0 Å². The summed E-state index contributed by atoms with van der Waals surface area (Å²) < 4.78 is 0. The van der Waals surface area contributed by atoms with Crippen LogP contribution in [0.5, 0.6) is 0 Å². The molecule has 4 heteroatoms. The molecule has 3 rings (SSSR count). The highest BCUT2D eigenvalue weighted by Gasteiger charge is 2.20. The van der Waals surface area contributed by atoms with Crippen LogP contribution in [-0.4, -0.2) is 16.5 Å².